The predicted octanol–water partition coefficient (Wildman–Crippen LogP) is 3.21. The summed E-state index contributed by atoms with van der Waals surface area (Å²) in [6.07, 6.45) is 8.16. The van der Waals surface area contributed by atoms with E-state index in [1.165, 1.54) is 6.33 Å². The third-order valence-corrected chi connectivity index (χ3v) is 4.37. The molecule has 6 nitrogen and oxygen atoms in total. The van der Waals surface area contributed by atoms with Gasteiger partial charge in [-0.05, 0) is 54.8 Å². The average Bonchev–Trinajstić information content (AvgIpc) is 3.30. The first kappa shape index (κ1) is 16.3. The summed E-state index contributed by atoms with van der Waals surface area (Å²) in [6.45, 7) is 0. The summed E-state index contributed by atoms with van der Waals surface area (Å²) in [7, 11) is 0. The predicted molar refractivity (Wildman–Crippen MR) is 96.9 cm³/mol. The minimum absolute atomic E-state index is 0.00679. The number of aromatic nitrogens is 4. The molecule has 124 valence electrons. The fourth-order valence-electron chi connectivity index (χ4n) is 2.48. The van der Waals surface area contributed by atoms with Crippen molar-refractivity contribution >= 4 is 23.4 Å². The van der Waals surface area contributed by atoms with Crippen molar-refractivity contribution in [2.45, 2.75) is 12.5 Å². The largest absolute Gasteiger partial charge is 0.342 e. The van der Waals surface area contributed by atoms with E-state index in [1.807, 2.05) is 59.6 Å². The van der Waals surface area contributed by atoms with E-state index in [9.17, 15) is 4.79 Å². The summed E-state index contributed by atoms with van der Waals surface area (Å²) in [5.74, 6) is 1.63. The number of H-pyrrole nitrogens is 1. The van der Waals surface area contributed by atoms with Crippen molar-refractivity contribution in [1.82, 2.24) is 19.7 Å². The minimum atomic E-state index is -0.207. The molecule has 24 heavy (non-hydrogen) atoms. The molecular formula is C17H19N5OS. The zero-order valence-corrected chi connectivity index (χ0v) is 14.2. The van der Waals surface area contributed by atoms with E-state index in [1.54, 1.807) is 11.8 Å². The first-order valence-corrected chi connectivity index (χ1v) is 9.05. The molecule has 3 rings (SSSR count). The monoisotopic (exact) mass is 341 g/mol. The minimum Gasteiger partial charge on any atom is -0.342 e. The highest BCUT2D eigenvalue weighted by Gasteiger charge is 2.19. The van der Waals surface area contributed by atoms with Gasteiger partial charge in [0.05, 0.1) is 0 Å². The molecular weight excluding hydrogens is 322 g/mol. The van der Waals surface area contributed by atoms with Crippen molar-refractivity contribution < 1.29 is 4.79 Å². The van der Waals surface area contributed by atoms with Crippen LogP contribution in [0.5, 0.6) is 0 Å². The first-order chi connectivity index (χ1) is 11.8. The molecule has 7 heteroatoms. The van der Waals surface area contributed by atoms with Crippen LogP contribution in [0.15, 0.2) is 55.1 Å². The van der Waals surface area contributed by atoms with Gasteiger partial charge in [0.2, 0.25) is 5.91 Å². The molecule has 1 amide bonds. The lowest BCUT2D eigenvalue weighted by molar-refractivity contribution is -0.119. The standard InChI is InChI=1S/C17H19N5OS/c1-24-11-8-15(22-9-2-3-10-22)17(23)20-14-6-4-13(5-7-14)16-18-12-19-21-16/h2-7,9-10,12,15H,8,11H2,1H3,(H,20,23)(H,18,19,21)/t15-/m1/s1. The van der Waals surface area contributed by atoms with E-state index in [2.05, 4.69) is 20.5 Å². The van der Waals surface area contributed by atoms with Gasteiger partial charge in [-0.2, -0.15) is 16.9 Å². The summed E-state index contributed by atoms with van der Waals surface area (Å²) >= 11 is 1.74. The Bertz CT molecular complexity index is 753. The third-order valence-electron chi connectivity index (χ3n) is 3.73. The first-order valence-electron chi connectivity index (χ1n) is 7.66. The highest BCUT2D eigenvalue weighted by Crippen LogP contribution is 2.20. The van der Waals surface area contributed by atoms with E-state index in [0.717, 1.165) is 23.4 Å². The zero-order chi connectivity index (χ0) is 16.8. The number of rotatable bonds is 7. The van der Waals surface area contributed by atoms with Gasteiger partial charge in [0.1, 0.15) is 12.4 Å². The molecule has 0 aliphatic carbocycles. The van der Waals surface area contributed by atoms with Gasteiger partial charge in [-0.25, -0.2) is 4.98 Å². The van der Waals surface area contributed by atoms with Crippen LogP contribution in [0, 0.1) is 0 Å². The lowest BCUT2D eigenvalue weighted by Crippen LogP contribution is -2.25. The van der Waals surface area contributed by atoms with Gasteiger partial charge in [0.25, 0.3) is 0 Å². The van der Waals surface area contributed by atoms with Gasteiger partial charge >= 0.3 is 0 Å². The molecule has 2 heterocycles. The van der Waals surface area contributed by atoms with Crippen molar-refractivity contribution in [3.05, 3.63) is 55.1 Å². The second kappa shape index (κ2) is 7.83. The number of nitrogens with zero attached hydrogens (tertiary/aromatic N) is 3. The van der Waals surface area contributed by atoms with Crippen LogP contribution in [0.4, 0.5) is 5.69 Å². The molecule has 0 unspecified atom stereocenters. The van der Waals surface area contributed by atoms with Crippen LogP contribution in [0.3, 0.4) is 0 Å². The molecule has 3 aromatic rings. The number of aromatic amines is 1. The number of carbonyl (C=O) groups excluding carboxylic acids is 1. The van der Waals surface area contributed by atoms with Crippen molar-refractivity contribution in [3.63, 3.8) is 0 Å². The number of anilines is 1. The summed E-state index contributed by atoms with van der Waals surface area (Å²) in [5, 5.41) is 9.65. The maximum Gasteiger partial charge on any atom is 0.247 e. The Labute approximate surface area is 144 Å². The number of nitrogens with one attached hydrogen (secondary N) is 2. The highest BCUT2D eigenvalue weighted by atomic mass is 32.2. The van der Waals surface area contributed by atoms with Crippen molar-refractivity contribution in [1.29, 1.82) is 0 Å². The van der Waals surface area contributed by atoms with Crippen molar-refractivity contribution in [2.75, 3.05) is 17.3 Å². The summed E-state index contributed by atoms with van der Waals surface area (Å²) < 4.78 is 1.95. The number of benzene rings is 1. The maximum absolute atomic E-state index is 12.7. The van der Waals surface area contributed by atoms with Gasteiger partial charge < -0.3 is 9.88 Å². The summed E-state index contributed by atoms with van der Waals surface area (Å²) in [6, 6.07) is 11.2. The molecule has 2 aromatic heterocycles. The van der Waals surface area contributed by atoms with Crippen molar-refractivity contribution in [3.8, 4) is 11.4 Å². The van der Waals surface area contributed by atoms with E-state index in [0.29, 0.717) is 5.82 Å². The van der Waals surface area contributed by atoms with Crippen LogP contribution in [-0.2, 0) is 4.79 Å². The highest BCUT2D eigenvalue weighted by molar-refractivity contribution is 7.98. The molecule has 0 aliphatic heterocycles. The molecule has 0 saturated heterocycles. The van der Waals surface area contributed by atoms with E-state index in [-0.39, 0.29) is 11.9 Å². The fourth-order valence-corrected chi connectivity index (χ4v) is 2.94. The Kier molecular flexibility index (Phi) is 5.32. The number of hydrogen-bond donors (Lipinski definition) is 2. The molecule has 0 fully saturated rings. The maximum atomic E-state index is 12.7. The van der Waals surface area contributed by atoms with Crippen LogP contribution in [0.1, 0.15) is 12.5 Å². The summed E-state index contributed by atoms with van der Waals surface area (Å²) in [5.41, 5.74) is 1.69. The Morgan fingerprint density at radius 2 is 2.04 bits per heavy atom. The van der Waals surface area contributed by atoms with Crippen LogP contribution in [-0.4, -0.2) is 37.7 Å². The SMILES string of the molecule is CSCC[C@H](C(=O)Nc1ccc(-c2ncn[nH]2)cc1)n1cccc1. The van der Waals surface area contributed by atoms with E-state index in [4.69, 9.17) is 0 Å². The van der Waals surface area contributed by atoms with Crippen molar-refractivity contribution in [2.24, 2.45) is 0 Å². The van der Waals surface area contributed by atoms with Gasteiger partial charge in [-0.15, -0.1) is 0 Å². The number of thioether (sulfide) groups is 1. The second-order valence-corrected chi connectivity index (χ2v) is 6.31. The van der Waals surface area contributed by atoms with E-state index < -0.39 is 0 Å². The Hall–Kier alpha value is -2.54. The van der Waals surface area contributed by atoms with Crippen LogP contribution in [0.2, 0.25) is 0 Å². The van der Waals surface area contributed by atoms with Crippen LogP contribution < -0.4 is 5.32 Å². The zero-order valence-electron chi connectivity index (χ0n) is 13.3. The third kappa shape index (κ3) is 3.86. The molecule has 1 atom stereocenters. The smallest absolute Gasteiger partial charge is 0.247 e. The van der Waals surface area contributed by atoms with Gasteiger partial charge in [0.15, 0.2) is 5.82 Å². The molecule has 1 aromatic carbocycles. The van der Waals surface area contributed by atoms with Gasteiger partial charge in [-0.1, -0.05) is 0 Å². The Balaban J connectivity index is 1.70. The normalized spacial score (nSPS) is 12.0. The van der Waals surface area contributed by atoms with Gasteiger partial charge in [-0.3, -0.25) is 9.89 Å². The number of carbonyl (C=O) groups is 1. The number of amides is 1. The van der Waals surface area contributed by atoms with Crippen LogP contribution >= 0.6 is 11.8 Å². The second-order valence-electron chi connectivity index (χ2n) is 5.33. The Morgan fingerprint density at radius 3 is 2.67 bits per heavy atom. The van der Waals surface area contributed by atoms with Crippen LogP contribution in [0.25, 0.3) is 11.4 Å². The molecule has 0 bridgehead atoms. The average molecular weight is 341 g/mol. The lowest BCUT2D eigenvalue weighted by Gasteiger charge is -2.18. The topological polar surface area (TPSA) is 75.6 Å². The quantitative estimate of drug-likeness (QED) is 0.692. The fraction of sp³-hybridized carbons (Fsp3) is 0.235. The summed E-state index contributed by atoms with van der Waals surface area (Å²) in [4.78, 5) is 16.8. The van der Waals surface area contributed by atoms with E-state index >= 15 is 0 Å². The molecule has 0 spiro atoms. The number of hydrogen-bond acceptors (Lipinski definition) is 4. The lowest BCUT2D eigenvalue weighted by atomic mass is 10.1. The molecule has 0 aliphatic rings. The molecule has 0 radical (unpaired) electrons. The molecule has 2 N–H and O–H groups in total. The molecule has 0 saturated carbocycles. The Morgan fingerprint density at radius 1 is 1.29 bits per heavy atom. The van der Waals surface area contributed by atoms with Gasteiger partial charge in [0, 0.05) is 23.6 Å².